The second-order valence-electron chi connectivity index (χ2n) is 4.04. The number of para-hydroxylation sites is 1. The molecule has 96 valence electrons. The molecule has 0 aliphatic carbocycles. The molecule has 0 fully saturated rings. The Labute approximate surface area is 114 Å². The highest BCUT2D eigenvalue weighted by Crippen LogP contribution is 2.18. The molecule has 1 aromatic carbocycles. The van der Waals surface area contributed by atoms with E-state index in [2.05, 4.69) is 4.98 Å². The number of halogens is 2. The minimum atomic E-state index is -0.376. The SMILES string of the molecule is Fc1ccccc1OCc1cnc2cc(Cl)ccn12. The summed E-state index contributed by atoms with van der Waals surface area (Å²) in [5.74, 6) is -0.147. The van der Waals surface area contributed by atoms with Gasteiger partial charge >= 0.3 is 0 Å². The van der Waals surface area contributed by atoms with Crippen LogP contribution in [-0.4, -0.2) is 9.38 Å². The number of hydrogen-bond donors (Lipinski definition) is 0. The maximum atomic E-state index is 13.4. The average Bonchev–Trinajstić information content (AvgIpc) is 2.80. The fourth-order valence-corrected chi connectivity index (χ4v) is 1.98. The molecule has 5 heteroatoms. The van der Waals surface area contributed by atoms with Gasteiger partial charge in [0.05, 0.1) is 11.9 Å². The van der Waals surface area contributed by atoms with Crippen LogP contribution in [0.1, 0.15) is 5.69 Å². The van der Waals surface area contributed by atoms with Crippen molar-refractivity contribution in [2.45, 2.75) is 6.61 Å². The minimum Gasteiger partial charge on any atom is -0.484 e. The van der Waals surface area contributed by atoms with Gasteiger partial charge in [0.1, 0.15) is 12.3 Å². The standard InChI is InChI=1S/C14H10ClFN2O/c15-10-5-6-18-11(8-17-14(18)7-10)9-19-13-4-2-1-3-12(13)16/h1-8H,9H2. The summed E-state index contributed by atoms with van der Waals surface area (Å²) in [4.78, 5) is 4.22. The van der Waals surface area contributed by atoms with Crippen molar-refractivity contribution >= 4 is 17.2 Å². The second kappa shape index (κ2) is 4.90. The lowest BCUT2D eigenvalue weighted by Crippen LogP contribution is -2.00. The lowest BCUT2D eigenvalue weighted by atomic mass is 10.3. The van der Waals surface area contributed by atoms with Crippen molar-refractivity contribution in [3.05, 3.63) is 65.3 Å². The van der Waals surface area contributed by atoms with Gasteiger partial charge in [0.15, 0.2) is 11.6 Å². The number of hydrogen-bond acceptors (Lipinski definition) is 2. The Morgan fingerprint density at radius 2 is 2.11 bits per heavy atom. The van der Waals surface area contributed by atoms with Crippen molar-refractivity contribution in [1.29, 1.82) is 0 Å². The Hall–Kier alpha value is -2.07. The summed E-state index contributed by atoms with van der Waals surface area (Å²) >= 11 is 5.89. The van der Waals surface area contributed by atoms with Crippen molar-refractivity contribution in [2.75, 3.05) is 0 Å². The van der Waals surface area contributed by atoms with Crippen molar-refractivity contribution in [3.63, 3.8) is 0 Å². The number of fused-ring (bicyclic) bond motifs is 1. The molecule has 0 atom stereocenters. The van der Waals surface area contributed by atoms with E-state index in [9.17, 15) is 4.39 Å². The molecule has 2 heterocycles. The zero-order valence-corrected chi connectivity index (χ0v) is 10.6. The predicted octanol–water partition coefficient (Wildman–Crippen LogP) is 3.71. The van der Waals surface area contributed by atoms with Gasteiger partial charge in [0.25, 0.3) is 0 Å². The zero-order chi connectivity index (χ0) is 13.2. The van der Waals surface area contributed by atoms with E-state index in [4.69, 9.17) is 16.3 Å². The third-order valence-electron chi connectivity index (χ3n) is 2.76. The van der Waals surface area contributed by atoms with E-state index in [1.165, 1.54) is 6.07 Å². The van der Waals surface area contributed by atoms with Gasteiger partial charge in [-0.2, -0.15) is 0 Å². The summed E-state index contributed by atoms with van der Waals surface area (Å²) in [5.41, 5.74) is 1.56. The van der Waals surface area contributed by atoms with Crippen LogP contribution in [0.15, 0.2) is 48.8 Å². The number of nitrogens with zero attached hydrogens (tertiary/aromatic N) is 2. The summed E-state index contributed by atoms with van der Waals surface area (Å²) in [5, 5.41) is 0.625. The molecule has 0 spiro atoms. The van der Waals surface area contributed by atoms with E-state index in [0.717, 1.165) is 11.3 Å². The Morgan fingerprint density at radius 3 is 2.95 bits per heavy atom. The average molecular weight is 277 g/mol. The fraction of sp³-hybridized carbons (Fsp3) is 0.0714. The smallest absolute Gasteiger partial charge is 0.165 e. The lowest BCUT2D eigenvalue weighted by Gasteiger charge is -2.06. The van der Waals surface area contributed by atoms with Crippen molar-refractivity contribution < 1.29 is 9.13 Å². The summed E-state index contributed by atoms with van der Waals surface area (Å²) < 4.78 is 20.7. The van der Waals surface area contributed by atoms with Crippen LogP contribution in [0.4, 0.5) is 4.39 Å². The van der Waals surface area contributed by atoms with Gasteiger partial charge in [-0.15, -0.1) is 0 Å². The number of pyridine rings is 1. The Balaban J connectivity index is 1.84. The van der Waals surface area contributed by atoms with E-state index in [0.29, 0.717) is 5.02 Å². The highest BCUT2D eigenvalue weighted by Gasteiger charge is 2.06. The molecule has 2 aromatic heterocycles. The van der Waals surface area contributed by atoms with Crippen LogP contribution >= 0.6 is 11.6 Å². The zero-order valence-electron chi connectivity index (χ0n) is 9.88. The molecule has 0 amide bonds. The Morgan fingerprint density at radius 1 is 1.26 bits per heavy atom. The Bertz CT molecular complexity index is 726. The number of rotatable bonds is 3. The van der Waals surface area contributed by atoms with Crippen molar-refractivity contribution in [3.8, 4) is 5.75 Å². The van der Waals surface area contributed by atoms with Crippen LogP contribution in [0.3, 0.4) is 0 Å². The Kier molecular flexibility index (Phi) is 3.09. The van der Waals surface area contributed by atoms with Gasteiger partial charge in [-0.1, -0.05) is 23.7 Å². The summed E-state index contributed by atoms with van der Waals surface area (Å²) in [6, 6.07) is 9.83. The molecule has 0 radical (unpaired) electrons. The van der Waals surface area contributed by atoms with Gasteiger partial charge < -0.3 is 9.14 Å². The quantitative estimate of drug-likeness (QED) is 0.729. The maximum absolute atomic E-state index is 13.4. The van der Waals surface area contributed by atoms with E-state index >= 15 is 0 Å². The van der Waals surface area contributed by atoms with Gasteiger partial charge in [0.2, 0.25) is 0 Å². The summed E-state index contributed by atoms with van der Waals surface area (Å²) in [7, 11) is 0. The molecule has 3 aromatic rings. The first-order chi connectivity index (χ1) is 9.24. The molecule has 3 rings (SSSR count). The maximum Gasteiger partial charge on any atom is 0.165 e. The highest BCUT2D eigenvalue weighted by molar-refractivity contribution is 6.30. The predicted molar refractivity (Wildman–Crippen MR) is 70.9 cm³/mol. The first kappa shape index (κ1) is 12.0. The van der Waals surface area contributed by atoms with E-state index in [-0.39, 0.29) is 18.2 Å². The van der Waals surface area contributed by atoms with Gasteiger partial charge in [-0.25, -0.2) is 9.37 Å². The molecule has 0 aliphatic rings. The summed E-state index contributed by atoms with van der Waals surface area (Å²) in [6.45, 7) is 0.240. The molecule has 0 aliphatic heterocycles. The molecule has 3 nitrogen and oxygen atoms in total. The molecule has 0 unspecified atom stereocenters. The molecule has 0 bridgehead atoms. The number of ether oxygens (including phenoxy) is 1. The van der Waals surface area contributed by atoms with E-state index in [1.807, 2.05) is 10.6 Å². The number of aromatic nitrogens is 2. The molecular formula is C14H10ClFN2O. The minimum absolute atomic E-state index is 0.228. The lowest BCUT2D eigenvalue weighted by molar-refractivity contribution is 0.285. The third kappa shape index (κ3) is 2.39. The second-order valence-corrected chi connectivity index (χ2v) is 4.48. The van der Waals surface area contributed by atoms with Crippen LogP contribution in [0, 0.1) is 5.82 Å². The molecule has 19 heavy (non-hydrogen) atoms. The van der Waals surface area contributed by atoms with Gasteiger partial charge in [0, 0.05) is 11.2 Å². The van der Waals surface area contributed by atoms with Crippen LogP contribution in [-0.2, 0) is 6.61 Å². The topological polar surface area (TPSA) is 26.5 Å². The number of benzene rings is 1. The van der Waals surface area contributed by atoms with Crippen LogP contribution in [0.25, 0.3) is 5.65 Å². The molecule has 0 N–H and O–H groups in total. The largest absolute Gasteiger partial charge is 0.484 e. The number of imidazole rings is 1. The van der Waals surface area contributed by atoms with Crippen LogP contribution in [0.2, 0.25) is 5.02 Å². The van der Waals surface area contributed by atoms with Crippen LogP contribution < -0.4 is 4.74 Å². The molecular weight excluding hydrogens is 267 g/mol. The molecule has 0 saturated carbocycles. The highest BCUT2D eigenvalue weighted by atomic mass is 35.5. The summed E-state index contributed by atoms with van der Waals surface area (Å²) in [6.07, 6.45) is 3.50. The molecule has 0 saturated heterocycles. The van der Waals surface area contributed by atoms with Crippen molar-refractivity contribution in [2.24, 2.45) is 0 Å². The first-order valence-corrected chi connectivity index (χ1v) is 6.10. The normalized spacial score (nSPS) is 10.8. The van der Waals surface area contributed by atoms with Gasteiger partial charge in [-0.05, 0) is 24.3 Å². The third-order valence-corrected chi connectivity index (χ3v) is 3.00. The van der Waals surface area contributed by atoms with E-state index in [1.54, 1.807) is 36.5 Å². The van der Waals surface area contributed by atoms with Crippen LogP contribution in [0.5, 0.6) is 5.75 Å². The van der Waals surface area contributed by atoms with Gasteiger partial charge in [-0.3, -0.25) is 0 Å². The first-order valence-electron chi connectivity index (χ1n) is 5.73. The fourth-order valence-electron chi connectivity index (χ4n) is 1.83. The van der Waals surface area contributed by atoms with E-state index < -0.39 is 0 Å². The van der Waals surface area contributed by atoms with Crippen molar-refractivity contribution in [1.82, 2.24) is 9.38 Å². The monoisotopic (exact) mass is 276 g/mol.